The summed E-state index contributed by atoms with van der Waals surface area (Å²) in [6.07, 6.45) is 4.50. The van der Waals surface area contributed by atoms with Crippen LogP contribution >= 0.6 is 0 Å². The molecule has 1 saturated heterocycles. The van der Waals surface area contributed by atoms with Crippen LogP contribution in [0.25, 0.3) is 0 Å². The van der Waals surface area contributed by atoms with Crippen LogP contribution in [0.1, 0.15) is 73.3 Å². The van der Waals surface area contributed by atoms with E-state index in [0.29, 0.717) is 81.2 Å². The third-order valence-corrected chi connectivity index (χ3v) is 7.40. The second-order valence-corrected chi connectivity index (χ2v) is 10.8. The van der Waals surface area contributed by atoms with Gasteiger partial charge in [-0.25, -0.2) is 0 Å². The highest BCUT2D eigenvalue weighted by atomic mass is 16.5. The SMILES string of the molecule is COc1cc2cc(c1OC)CCCNC(=O)C[C@@H]1CC[C@H](CNC(=O)CC2)N1C(=O)c1cc(CC(C)C)on1. The third kappa shape index (κ3) is 7.10. The van der Waals surface area contributed by atoms with E-state index in [4.69, 9.17) is 14.0 Å². The minimum absolute atomic E-state index is 0.0927. The number of ether oxygens (including phenoxy) is 2. The maximum absolute atomic E-state index is 13.6. The summed E-state index contributed by atoms with van der Waals surface area (Å²) in [6, 6.07) is 5.13. The third-order valence-electron chi connectivity index (χ3n) is 7.40. The molecular weight excluding hydrogens is 500 g/mol. The van der Waals surface area contributed by atoms with Crippen molar-refractivity contribution in [3.05, 3.63) is 40.8 Å². The van der Waals surface area contributed by atoms with Crippen LogP contribution in [0.2, 0.25) is 0 Å². The van der Waals surface area contributed by atoms with E-state index in [0.717, 1.165) is 11.1 Å². The van der Waals surface area contributed by atoms with Gasteiger partial charge in [-0.05, 0) is 55.2 Å². The van der Waals surface area contributed by atoms with Gasteiger partial charge in [0.15, 0.2) is 17.2 Å². The zero-order chi connectivity index (χ0) is 27.9. The number of fused-ring (bicyclic) bond motifs is 4. The van der Waals surface area contributed by atoms with Crippen molar-refractivity contribution in [2.45, 2.75) is 77.3 Å². The highest BCUT2D eigenvalue weighted by molar-refractivity contribution is 5.93. The van der Waals surface area contributed by atoms with Gasteiger partial charge >= 0.3 is 0 Å². The van der Waals surface area contributed by atoms with Gasteiger partial charge in [0.2, 0.25) is 11.8 Å². The summed E-state index contributed by atoms with van der Waals surface area (Å²) in [5, 5.41) is 10.1. The number of nitrogens with zero attached hydrogens (tertiary/aromatic N) is 2. The van der Waals surface area contributed by atoms with Gasteiger partial charge in [-0.2, -0.15) is 0 Å². The second-order valence-electron chi connectivity index (χ2n) is 10.8. The molecule has 0 unspecified atom stereocenters. The molecule has 0 radical (unpaired) electrons. The number of hydrogen-bond donors (Lipinski definition) is 2. The van der Waals surface area contributed by atoms with Crippen LogP contribution in [0.15, 0.2) is 22.7 Å². The molecule has 3 heterocycles. The molecule has 1 aromatic heterocycles. The van der Waals surface area contributed by atoms with Crippen molar-refractivity contribution in [3.8, 4) is 11.5 Å². The van der Waals surface area contributed by atoms with Crippen LogP contribution in [-0.2, 0) is 28.9 Å². The summed E-state index contributed by atoms with van der Waals surface area (Å²) < 4.78 is 16.5. The zero-order valence-corrected chi connectivity index (χ0v) is 23.4. The smallest absolute Gasteiger partial charge is 0.276 e. The van der Waals surface area contributed by atoms with Gasteiger partial charge < -0.3 is 29.5 Å². The summed E-state index contributed by atoms with van der Waals surface area (Å²) in [5.74, 6) is 1.86. The number of hydrogen-bond acceptors (Lipinski definition) is 7. The lowest BCUT2D eigenvalue weighted by molar-refractivity contribution is -0.123. The van der Waals surface area contributed by atoms with Crippen molar-refractivity contribution < 1.29 is 28.4 Å². The van der Waals surface area contributed by atoms with Crippen LogP contribution in [-0.4, -0.2) is 67.2 Å². The topological polar surface area (TPSA) is 123 Å². The fourth-order valence-corrected chi connectivity index (χ4v) is 5.55. The van der Waals surface area contributed by atoms with Crippen LogP contribution in [0, 0.1) is 5.92 Å². The van der Waals surface area contributed by atoms with Crippen LogP contribution in [0.3, 0.4) is 0 Å². The number of nitrogens with one attached hydrogen (secondary N) is 2. The number of rotatable bonds is 5. The summed E-state index contributed by atoms with van der Waals surface area (Å²) >= 11 is 0. The van der Waals surface area contributed by atoms with Crippen LogP contribution in [0.4, 0.5) is 0 Å². The van der Waals surface area contributed by atoms with E-state index < -0.39 is 0 Å². The number of aryl methyl sites for hydroxylation is 2. The number of amides is 3. The Morgan fingerprint density at radius 3 is 2.59 bits per heavy atom. The molecule has 1 aromatic carbocycles. The van der Waals surface area contributed by atoms with Crippen LogP contribution in [0.5, 0.6) is 11.5 Å². The monoisotopic (exact) mass is 540 g/mol. The van der Waals surface area contributed by atoms with Crippen molar-refractivity contribution in [2.75, 3.05) is 27.3 Å². The first-order valence-corrected chi connectivity index (χ1v) is 13.8. The lowest BCUT2D eigenvalue weighted by atomic mass is 10.0. The largest absolute Gasteiger partial charge is 0.493 e. The predicted octanol–water partition coefficient (Wildman–Crippen LogP) is 3.07. The second kappa shape index (κ2) is 13.0. The van der Waals surface area contributed by atoms with Gasteiger partial charge in [0.1, 0.15) is 5.76 Å². The number of benzene rings is 1. The van der Waals surface area contributed by atoms with Crippen molar-refractivity contribution in [2.24, 2.45) is 5.92 Å². The molecule has 1 fully saturated rings. The fourth-order valence-electron chi connectivity index (χ4n) is 5.55. The number of aromatic nitrogens is 1. The van der Waals surface area contributed by atoms with E-state index in [2.05, 4.69) is 29.6 Å². The van der Waals surface area contributed by atoms with E-state index in [1.54, 1.807) is 25.2 Å². The molecule has 2 atom stereocenters. The van der Waals surface area contributed by atoms with Gasteiger partial charge in [0.25, 0.3) is 5.91 Å². The van der Waals surface area contributed by atoms with E-state index in [-0.39, 0.29) is 41.9 Å². The van der Waals surface area contributed by atoms with Crippen molar-refractivity contribution in [3.63, 3.8) is 0 Å². The minimum Gasteiger partial charge on any atom is -0.493 e. The van der Waals surface area contributed by atoms with Gasteiger partial charge in [-0.1, -0.05) is 25.1 Å². The lowest BCUT2D eigenvalue weighted by Gasteiger charge is -2.29. The average Bonchev–Trinajstić information content (AvgIpc) is 3.54. The summed E-state index contributed by atoms with van der Waals surface area (Å²) in [7, 11) is 3.21. The van der Waals surface area contributed by atoms with E-state index in [9.17, 15) is 14.4 Å². The molecule has 3 amide bonds. The molecule has 0 spiro atoms. The first-order chi connectivity index (χ1) is 18.8. The molecule has 212 valence electrons. The normalized spacial score (nSPS) is 20.8. The Balaban J connectivity index is 1.53. The Labute approximate surface area is 229 Å². The van der Waals surface area contributed by atoms with Gasteiger partial charge in [-0.3, -0.25) is 14.4 Å². The lowest BCUT2D eigenvalue weighted by Crippen LogP contribution is -2.48. The Kier molecular flexibility index (Phi) is 9.48. The Morgan fingerprint density at radius 1 is 1.05 bits per heavy atom. The molecule has 4 bridgehead atoms. The predicted molar refractivity (Wildman–Crippen MR) is 145 cm³/mol. The average molecular weight is 541 g/mol. The molecular formula is C29H40N4O6. The van der Waals surface area contributed by atoms with E-state index >= 15 is 0 Å². The Morgan fingerprint density at radius 2 is 1.85 bits per heavy atom. The standard InChI is InChI=1S/C29H40N4O6/c1-18(2)12-23-16-24(32-39-23)29(36)33-21-8-9-22(33)17-31-26(34)10-7-19-13-20(6-5-11-30-27(35)15-21)28(38-4)25(14-19)37-3/h13-14,16,18,21-22H,5-12,15,17H2,1-4H3,(H,30,35)(H,31,34)/t21-,22+/m0/s1. The molecule has 2 aliphatic heterocycles. The van der Waals surface area contributed by atoms with Crippen molar-refractivity contribution in [1.82, 2.24) is 20.7 Å². The Hall–Kier alpha value is -3.56. The van der Waals surface area contributed by atoms with E-state index in [1.807, 2.05) is 12.1 Å². The Bertz CT molecular complexity index is 1180. The fraction of sp³-hybridized carbons (Fsp3) is 0.586. The molecule has 2 N–H and O–H groups in total. The van der Waals surface area contributed by atoms with Gasteiger partial charge in [-0.15, -0.1) is 0 Å². The van der Waals surface area contributed by atoms with Crippen molar-refractivity contribution >= 4 is 17.7 Å². The molecule has 10 nitrogen and oxygen atoms in total. The zero-order valence-electron chi connectivity index (χ0n) is 23.4. The van der Waals surface area contributed by atoms with Gasteiger partial charge in [0, 0.05) is 50.5 Å². The van der Waals surface area contributed by atoms with Gasteiger partial charge in [0.05, 0.1) is 14.2 Å². The minimum atomic E-state index is -0.278. The number of carbonyl (C=O) groups is 3. The quantitative estimate of drug-likeness (QED) is 0.598. The first kappa shape index (κ1) is 28.4. The molecule has 4 rings (SSSR count). The maximum Gasteiger partial charge on any atom is 0.276 e. The number of carbonyl (C=O) groups excluding carboxylic acids is 3. The first-order valence-electron chi connectivity index (χ1n) is 13.8. The van der Waals surface area contributed by atoms with Crippen LogP contribution < -0.4 is 20.1 Å². The molecule has 39 heavy (non-hydrogen) atoms. The molecule has 0 aliphatic carbocycles. The highest BCUT2D eigenvalue weighted by Crippen LogP contribution is 2.34. The molecule has 2 aliphatic rings. The van der Waals surface area contributed by atoms with E-state index in [1.165, 1.54) is 0 Å². The molecule has 2 aromatic rings. The number of methoxy groups -OCH3 is 2. The highest BCUT2D eigenvalue weighted by Gasteiger charge is 2.39. The van der Waals surface area contributed by atoms with Crippen molar-refractivity contribution in [1.29, 1.82) is 0 Å². The summed E-state index contributed by atoms with van der Waals surface area (Å²) in [6.45, 7) is 4.96. The molecule has 0 saturated carbocycles. The molecule has 10 heteroatoms. The summed E-state index contributed by atoms with van der Waals surface area (Å²) in [5.41, 5.74) is 2.19. The summed E-state index contributed by atoms with van der Waals surface area (Å²) in [4.78, 5) is 41.0. The maximum atomic E-state index is 13.6.